The summed E-state index contributed by atoms with van der Waals surface area (Å²) in [5, 5.41) is 7.24. The van der Waals surface area contributed by atoms with Gasteiger partial charge in [0, 0.05) is 18.3 Å². The molecule has 0 amide bonds. The van der Waals surface area contributed by atoms with Crippen molar-refractivity contribution in [1.29, 1.82) is 0 Å². The molecule has 0 aromatic carbocycles. The van der Waals surface area contributed by atoms with Crippen molar-refractivity contribution in [2.24, 2.45) is 0 Å². The van der Waals surface area contributed by atoms with E-state index in [9.17, 15) is 0 Å². The minimum atomic E-state index is 0.907. The predicted molar refractivity (Wildman–Crippen MR) is 35.4 cm³/mol. The first kappa shape index (κ1) is 4.68. The molecule has 1 N–H and O–H groups in total. The first-order chi connectivity index (χ1) is 4.47. The molecule has 0 aliphatic carbocycles. The Balaban J connectivity index is 2.35. The number of nitrogens with one attached hydrogen (secondary N) is 1. The lowest BCUT2D eigenvalue weighted by molar-refractivity contribution is 0.807. The molecule has 0 saturated carbocycles. The summed E-state index contributed by atoms with van der Waals surface area (Å²) in [4.78, 5) is 0. The van der Waals surface area contributed by atoms with Crippen molar-refractivity contribution in [3.8, 4) is 0 Å². The van der Waals surface area contributed by atoms with Gasteiger partial charge in [-0.05, 0) is 6.08 Å². The number of hydrogen-bond acceptors (Lipinski definition) is 1. The maximum absolute atomic E-state index is 4.09. The van der Waals surface area contributed by atoms with E-state index in [-0.39, 0.29) is 0 Å². The molecule has 0 spiro atoms. The van der Waals surface area contributed by atoms with Gasteiger partial charge in [0.05, 0.1) is 0 Å². The molecule has 2 rings (SSSR count). The number of allylic oxidation sites excluding steroid dienone is 3. The molecule has 2 heterocycles. The zero-order chi connectivity index (χ0) is 6.10. The average molecular weight is 119 g/mol. The molecule has 0 bridgehead atoms. The third kappa shape index (κ3) is 0.633. The second-order valence-corrected chi connectivity index (χ2v) is 2.03. The fourth-order valence-electron chi connectivity index (χ4n) is 0.969. The normalized spacial score (nSPS) is 21.3. The molecule has 0 atom stereocenters. The quantitative estimate of drug-likeness (QED) is 0.493. The van der Waals surface area contributed by atoms with Crippen LogP contribution in [0, 0.1) is 0 Å². The van der Waals surface area contributed by atoms with E-state index < -0.39 is 0 Å². The highest BCUT2D eigenvalue weighted by molar-refractivity contribution is 5.41. The topological polar surface area (TPSA) is 26.1 Å². The van der Waals surface area contributed by atoms with Gasteiger partial charge < -0.3 is 5.32 Å². The van der Waals surface area contributed by atoms with Crippen molar-refractivity contribution >= 4 is 0 Å². The van der Waals surface area contributed by atoms with Crippen LogP contribution in [0.2, 0.25) is 0 Å². The lowest BCUT2D eigenvalue weighted by Crippen LogP contribution is -2.20. The lowest BCUT2D eigenvalue weighted by atomic mass is 10.2. The molecule has 2 nitrogen and oxygen atoms in total. The van der Waals surface area contributed by atoms with Crippen molar-refractivity contribution < 1.29 is 0 Å². The Bertz CT molecular complexity index is 211. The molecule has 0 aromatic heterocycles. The third-order valence-electron chi connectivity index (χ3n) is 1.42. The summed E-state index contributed by atoms with van der Waals surface area (Å²) in [7, 11) is 0. The van der Waals surface area contributed by atoms with E-state index in [2.05, 4.69) is 22.8 Å². The van der Waals surface area contributed by atoms with Gasteiger partial charge in [-0.25, -0.2) is 5.32 Å². The van der Waals surface area contributed by atoms with Crippen LogP contribution in [0.3, 0.4) is 0 Å². The van der Waals surface area contributed by atoms with Crippen molar-refractivity contribution in [1.82, 2.24) is 10.6 Å². The molecular weight excluding hydrogens is 112 g/mol. The summed E-state index contributed by atoms with van der Waals surface area (Å²) in [6.07, 6.45) is 7.98. The first-order valence-corrected chi connectivity index (χ1v) is 2.99. The summed E-state index contributed by atoms with van der Waals surface area (Å²) < 4.78 is 0. The van der Waals surface area contributed by atoms with Gasteiger partial charge in [-0.15, -0.1) is 0 Å². The molecule has 0 aromatic rings. The summed E-state index contributed by atoms with van der Waals surface area (Å²) in [5.41, 5.74) is 1.20. The van der Waals surface area contributed by atoms with E-state index in [4.69, 9.17) is 0 Å². The van der Waals surface area contributed by atoms with Crippen LogP contribution in [0.4, 0.5) is 0 Å². The van der Waals surface area contributed by atoms with E-state index >= 15 is 0 Å². The van der Waals surface area contributed by atoms with Gasteiger partial charge in [-0.3, -0.25) is 0 Å². The minimum Gasteiger partial charge on any atom is -0.366 e. The summed E-state index contributed by atoms with van der Waals surface area (Å²) in [6, 6.07) is 0. The molecule has 2 heteroatoms. The summed E-state index contributed by atoms with van der Waals surface area (Å²) >= 11 is 0. The van der Waals surface area contributed by atoms with Crippen LogP contribution in [-0.2, 0) is 0 Å². The Morgan fingerprint density at radius 2 is 2.44 bits per heavy atom. The van der Waals surface area contributed by atoms with E-state index in [0.717, 1.165) is 12.4 Å². The monoisotopic (exact) mass is 119 g/mol. The van der Waals surface area contributed by atoms with Gasteiger partial charge >= 0.3 is 0 Å². The van der Waals surface area contributed by atoms with Gasteiger partial charge in [0.2, 0.25) is 0 Å². The Labute approximate surface area is 53.9 Å². The number of dihydropyridines is 1. The number of hydrogen-bond donors (Lipinski definition) is 1. The smallest absolute Gasteiger partial charge is 0.133 e. The highest BCUT2D eigenvalue weighted by Crippen LogP contribution is 2.12. The largest absolute Gasteiger partial charge is 0.366 e. The fraction of sp³-hybridized carbons (Fsp3) is 0.143. The second-order valence-electron chi connectivity index (χ2n) is 2.03. The van der Waals surface area contributed by atoms with Crippen molar-refractivity contribution in [2.45, 2.75) is 0 Å². The lowest BCUT2D eigenvalue weighted by Gasteiger charge is -2.08. The molecule has 1 radical (unpaired) electrons. The molecule has 2 aliphatic rings. The minimum absolute atomic E-state index is 0.907. The number of nitrogens with zero attached hydrogens (tertiary/aromatic N) is 1. The molecule has 0 saturated heterocycles. The van der Waals surface area contributed by atoms with Crippen LogP contribution in [0.15, 0.2) is 35.8 Å². The fourth-order valence-corrected chi connectivity index (χ4v) is 0.969. The maximum atomic E-state index is 4.09. The van der Waals surface area contributed by atoms with Crippen molar-refractivity contribution in [3.63, 3.8) is 0 Å². The van der Waals surface area contributed by atoms with Crippen LogP contribution in [0.5, 0.6) is 0 Å². The van der Waals surface area contributed by atoms with E-state index in [0.29, 0.717) is 0 Å². The standard InChI is InChI=1S/C7H7N2/c1-2-6-3-5-9-7(6)8-4-1/h1-3,5,8H,4H2. The average Bonchev–Trinajstić information content (AvgIpc) is 2.33. The summed E-state index contributed by atoms with van der Waals surface area (Å²) in [5.74, 6) is 1.01. The molecule has 0 unspecified atom stereocenters. The highest BCUT2D eigenvalue weighted by Gasteiger charge is 2.08. The van der Waals surface area contributed by atoms with Crippen LogP contribution < -0.4 is 10.6 Å². The van der Waals surface area contributed by atoms with Gasteiger partial charge in [0.15, 0.2) is 0 Å². The second kappa shape index (κ2) is 1.65. The van der Waals surface area contributed by atoms with Crippen LogP contribution in [0.25, 0.3) is 0 Å². The Morgan fingerprint density at radius 1 is 1.44 bits per heavy atom. The predicted octanol–water partition coefficient (Wildman–Crippen LogP) is 0.489. The van der Waals surface area contributed by atoms with E-state index in [1.165, 1.54) is 5.57 Å². The van der Waals surface area contributed by atoms with E-state index in [1.54, 1.807) is 0 Å². The van der Waals surface area contributed by atoms with Crippen LogP contribution in [-0.4, -0.2) is 6.54 Å². The van der Waals surface area contributed by atoms with Crippen molar-refractivity contribution in [3.05, 3.63) is 35.8 Å². The Morgan fingerprint density at radius 3 is 3.33 bits per heavy atom. The van der Waals surface area contributed by atoms with Gasteiger partial charge in [0.25, 0.3) is 0 Å². The Kier molecular flexibility index (Phi) is 0.859. The molecule has 9 heavy (non-hydrogen) atoms. The van der Waals surface area contributed by atoms with Gasteiger partial charge in [-0.1, -0.05) is 12.2 Å². The van der Waals surface area contributed by atoms with Crippen LogP contribution >= 0.6 is 0 Å². The van der Waals surface area contributed by atoms with Gasteiger partial charge in [-0.2, -0.15) is 0 Å². The van der Waals surface area contributed by atoms with E-state index in [1.807, 2.05) is 12.3 Å². The first-order valence-electron chi connectivity index (χ1n) is 2.99. The zero-order valence-electron chi connectivity index (χ0n) is 4.96. The highest BCUT2D eigenvalue weighted by atomic mass is 15.1. The third-order valence-corrected chi connectivity index (χ3v) is 1.42. The van der Waals surface area contributed by atoms with Gasteiger partial charge in [0.1, 0.15) is 5.82 Å². The zero-order valence-corrected chi connectivity index (χ0v) is 4.96. The SMILES string of the molecule is C1=CC2=C([N]C=C2)NC1. The molecular formula is C7H7N2. The van der Waals surface area contributed by atoms with Crippen molar-refractivity contribution in [2.75, 3.05) is 6.54 Å². The molecule has 2 aliphatic heterocycles. The summed E-state index contributed by atoms with van der Waals surface area (Å²) in [6.45, 7) is 0.907. The maximum Gasteiger partial charge on any atom is 0.133 e. The Hall–Kier alpha value is -1.18. The molecule has 45 valence electrons. The number of rotatable bonds is 0. The molecule has 0 fully saturated rings. The van der Waals surface area contributed by atoms with Crippen LogP contribution in [0.1, 0.15) is 0 Å².